The van der Waals surface area contributed by atoms with Gasteiger partial charge in [0.05, 0.1) is 25.9 Å². The van der Waals surface area contributed by atoms with Gasteiger partial charge in [0.15, 0.2) is 5.69 Å². The van der Waals surface area contributed by atoms with Gasteiger partial charge in [-0.15, -0.1) is 0 Å². The Hall–Kier alpha value is -2.40. The van der Waals surface area contributed by atoms with Crippen LogP contribution in [0.4, 0.5) is 0 Å². The van der Waals surface area contributed by atoms with Crippen molar-refractivity contribution in [2.24, 2.45) is 0 Å². The van der Waals surface area contributed by atoms with E-state index in [2.05, 4.69) is 20.9 Å². The highest BCUT2D eigenvalue weighted by atomic mass is 79.9. The molecule has 11 heteroatoms. The van der Waals surface area contributed by atoms with E-state index >= 15 is 0 Å². The minimum Gasteiger partial charge on any atom is -0.486 e. The van der Waals surface area contributed by atoms with Gasteiger partial charge in [-0.2, -0.15) is 0 Å². The lowest BCUT2D eigenvalue weighted by atomic mass is 10.2. The Morgan fingerprint density at radius 1 is 1.29 bits per heavy atom. The van der Waals surface area contributed by atoms with Gasteiger partial charge in [0, 0.05) is 19.3 Å². The molecule has 2 atom stereocenters. The lowest BCUT2D eigenvalue weighted by molar-refractivity contribution is -0.143. The number of nitrogens with zero attached hydrogens (tertiary/aromatic N) is 4. The number of carbonyl (C=O) groups is 2. The summed E-state index contributed by atoms with van der Waals surface area (Å²) in [6.45, 7) is 7.02. The van der Waals surface area contributed by atoms with E-state index in [1.807, 2.05) is 20.8 Å². The van der Waals surface area contributed by atoms with Crippen LogP contribution >= 0.6 is 15.9 Å². The lowest BCUT2D eigenvalue weighted by Gasteiger charge is -2.35. The van der Waals surface area contributed by atoms with Crippen LogP contribution in [0.1, 0.15) is 44.1 Å². The van der Waals surface area contributed by atoms with Gasteiger partial charge in [0.25, 0.3) is 0 Å². The zero-order valence-corrected chi connectivity index (χ0v) is 19.7. The first-order chi connectivity index (χ1) is 14.8. The second-order valence-electron chi connectivity index (χ2n) is 7.56. The maximum atomic E-state index is 13.1. The molecule has 1 aliphatic rings. The molecular formula is C20H27BrN4O6. The summed E-state index contributed by atoms with van der Waals surface area (Å²) in [5.74, 6) is -0.942. The second-order valence-corrected chi connectivity index (χ2v) is 8.37. The van der Waals surface area contributed by atoms with Gasteiger partial charge in [-0.25, -0.2) is 14.2 Å². The van der Waals surface area contributed by atoms with Gasteiger partial charge in [0.2, 0.25) is 17.4 Å². The Balaban J connectivity index is 2.00. The number of imidazole rings is 1. The summed E-state index contributed by atoms with van der Waals surface area (Å²) in [6.07, 6.45) is 3.05. The second kappa shape index (κ2) is 9.82. The number of unbranched alkanes of at least 4 members (excludes halogenated alkanes) is 1. The quantitative estimate of drug-likeness (QED) is 0.423. The first kappa shape index (κ1) is 23.3. The molecule has 2 aromatic heterocycles. The van der Waals surface area contributed by atoms with Crippen molar-refractivity contribution in [3.8, 4) is 5.75 Å². The highest BCUT2D eigenvalue weighted by molar-refractivity contribution is 9.10. The third-order valence-electron chi connectivity index (χ3n) is 4.96. The Bertz CT molecular complexity index is 1020. The minimum absolute atomic E-state index is 0.0440. The lowest BCUT2D eigenvalue weighted by Crippen LogP contribution is -2.49. The van der Waals surface area contributed by atoms with Gasteiger partial charge in [0.1, 0.15) is 11.1 Å². The fourth-order valence-corrected chi connectivity index (χ4v) is 4.12. The Kier molecular flexibility index (Phi) is 7.37. The molecule has 3 rings (SSSR count). The molecule has 0 saturated carbocycles. The SMILES string of the molecule is CCCCOc1c(C(=O)OC)nc2n(CC(=O)N3C[C@H](C)O[C@@H](C)C3)cc(Br)n2c1=O. The normalized spacial score (nSPS) is 18.9. The van der Waals surface area contributed by atoms with Crippen LogP contribution in [0.25, 0.3) is 5.78 Å². The maximum Gasteiger partial charge on any atom is 0.360 e. The third kappa shape index (κ3) is 4.93. The zero-order valence-electron chi connectivity index (χ0n) is 18.1. The van der Waals surface area contributed by atoms with E-state index in [0.717, 1.165) is 12.8 Å². The van der Waals surface area contributed by atoms with E-state index in [0.29, 0.717) is 17.7 Å². The van der Waals surface area contributed by atoms with Crippen molar-refractivity contribution in [1.29, 1.82) is 0 Å². The molecule has 3 heterocycles. The summed E-state index contributed by atoms with van der Waals surface area (Å²) in [5, 5.41) is 0. The molecule has 0 unspecified atom stereocenters. The Labute approximate surface area is 188 Å². The first-order valence-electron chi connectivity index (χ1n) is 10.2. The molecule has 31 heavy (non-hydrogen) atoms. The summed E-state index contributed by atoms with van der Waals surface area (Å²) in [6, 6.07) is 0. The van der Waals surface area contributed by atoms with Crippen LogP contribution in [-0.4, -0.2) is 69.7 Å². The molecule has 1 saturated heterocycles. The summed E-state index contributed by atoms with van der Waals surface area (Å²) in [4.78, 5) is 44.4. The van der Waals surface area contributed by atoms with Crippen molar-refractivity contribution in [3.63, 3.8) is 0 Å². The molecular weight excluding hydrogens is 472 g/mol. The summed E-state index contributed by atoms with van der Waals surface area (Å²) in [5.41, 5.74) is -0.760. The molecule has 0 bridgehead atoms. The highest BCUT2D eigenvalue weighted by Crippen LogP contribution is 2.20. The number of hydrogen-bond donors (Lipinski definition) is 0. The molecule has 0 N–H and O–H groups in total. The van der Waals surface area contributed by atoms with Gasteiger partial charge in [-0.05, 0) is 36.2 Å². The third-order valence-corrected chi connectivity index (χ3v) is 5.52. The van der Waals surface area contributed by atoms with Crippen molar-refractivity contribution in [3.05, 3.63) is 26.8 Å². The van der Waals surface area contributed by atoms with E-state index in [1.165, 1.54) is 16.1 Å². The highest BCUT2D eigenvalue weighted by Gasteiger charge is 2.28. The van der Waals surface area contributed by atoms with Crippen LogP contribution in [0.2, 0.25) is 0 Å². The average Bonchev–Trinajstić information content (AvgIpc) is 3.03. The van der Waals surface area contributed by atoms with Crippen molar-refractivity contribution in [2.45, 2.75) is 52.4 Å². The van der Waals surface area contributed by atoms with Gasteiger partial charge >= 0.3 is 11.5 Å². The van der Waals surface area contributed by atoms with Crippen LogP contribution in [0.5, 0.6) is 5.75 Å². The first-order valence-corrected chi connectivity index (χ1v) is 11.0. The molecule has 1 aliphatic heterocycles. The zero-order chi connectivity index (χ0) is 22.7. The molecule has 0 aromatic carbocycles. The molecule has 1 amide bonds. The molecule has 10 nitrogen and oxygen atoms in total. The van der Waals surface area contributed by atoms with Crippen LogP contribution in [0, 0.1) is 0 Å². The minimum atomic E-state index is -0.780. The maximum absolute atomic E-state index is 13.1. The van der Waals surface area contributed by atoms with Crippen molar-refractivity contribution in [1.82, 2.24) is 18.9 Å². The number of hydrogen-bond acceptors (Lipinski definition) is 7. The number of ether oxygens (including phenoxy) is 3. The predicted molar refractivity (Wildman–Crippen MR) is 115 cm³/mol. The molecule has 2 aromatic rings. The summed E-state index contributed by atoms with van der Waals surface area (Å²) in [7, 11) is 1.21. The van der Waals surface area contributed by atoms with E-state index < -0.39 is 11.5 Å². The molecule has 0 radical (unpaired) electrons. The van der Waals surface area contributed by atoms with Crippen LogP contribution in [-0.2, 0) is 20.8 Å². The Morgan fingerprint density at radius 3 is 2.58 bits per heavy atom. The largest absolute Gasteiger partial charge is 0.486 e. The Morgan fingerprint density at radius 2 is 1.97 bits per heavy atom. The molecule has 0 aliphatic carbocycles. The number of carbonyl (C=O) groups excluding carboxylic acids is 2. The van der Waals surface area contributed by atoms with Gasteiger partial charge in [-0.3, -0.25) is 9.59 Å². The average molecular weight is 499 g/mol. The van der Waals surface area contributed by atoms with Crippen LogP contribution in [0.15, 0.2) is 15.6 Å². The van der Waals surface area contributed by atoms with E-state index in [-0.39, 0.29) is 48.5 Å². The number of amides is 1. The van der Waals surface area contributed by atoms with Crippen molar-refractivity contribution < 1.29 is 23.8 Å². The van der Waals surface area contributed by atoms with Crippen LogP contribution < -0.4 is 10.3 Å². The number of halogens is 1. The molecule has 170 valence electrons. The van der Waals surface area contributed by atoms with Crippen LogP contribution in [0.3, 0.4) is 0 Å². The molecule has 1 fully saturated rings. The fourth-order valence-electron chi connectivity index (χ4n) is 3.55. The van der Waals surface area contributed by atoms with Gasteiger partial charge in [-0.1, -0.05) is 13.3 Å². The van der Waals surface area contributed by atoms with E-state index in [9.17, 15) is 14.4 Å². The summed E-state index contributed by atoms with van der Waals surface area (Å²) >= 11 is 3.35. The monoisotopic (exact) mass is 498 g/mol. The van der Waals surface area contributed by atoms with E-state index in [4.69, 9.17) is 14.2 Å². The van der Waals surface area contributed by atoms with Crippen molar-refractivity contribution in [2.75, 3.05) is 26.8 Å². The smallest absolute Gasteiger partial charge is 0.360 e. The van der Waals surface area contributed by atoms with Crippen molar-refractivity contribution >= 4 is 33.6 Å². The summed E-state index contributed by atoms with van der Waals surface area (Å²) < 4.78 is 19.3. The predicted octanol–water partition coefficient (Wildman–Crippen LogP) is 1.86. The molecule has 0 spiro atoms. The number of esters is 1. The van der Waals surface area contributed by atoms with E-state index in [1.54, 1.807) is 11.1 Å². The van der Waals surface area contributed by atoms with Gasteiger partial charge < -0.3 is 23.7 Å². The number of methoxy groups -OCH3 is 1. The number of rotatable bonds is 7. The number of aromatic nitrogens is 3. The standard InChI is InChI=1S/C20H27BrN4O6/c1-5-6-7-30-17-16(19(28)29-4)22-20-24(10-14(21)25(20)18(17)27)11-15(26)23-8-12(2)31-13(3)9-23/h10,12-13H,5-9,11H2,1-4H3/t12-,13-/m0/s1. The number of morpholine rings is 1. The fraction of sp³-hybridized carbons (Fsp3) is 0.600. The number of fused-ring (bicyclic) bond motifs is 1. The topological polar surface area (TPSA) is 104 Å².